The summed E-state index contributed by atoms with van der Waals surface area (Å²) in [6, 6.07) is 12.1. The molecule has 0 N–H and O–H groups in total. The molecule has 100 valence electrons. The summed E-state index contributed by atoms with van der Waals surface area (Å²) in [5, 5.41) is 10.1. The van der Waals surface area contributed by atoms with Crippen LogP contribution in [-0.4, -0.2) is 21.3 Å². The normalized spacial score (nSPS) is 10.7. The Morgan fingerprint density at radius 3 is 2.70 bits per heavy atom. The Labute approximate surface area is 120 Å². The number of nitrogens with zero attached hydrogens (tertiary/aromatic N) is 3. The summed E-state index contributed by atoms with van der Waals surface area (Å²) >= 11 is 1.66. The highest BCUT2D eigenvalue weighted by molar-refractivity contribution is 7.09. The van der Waals surface area contributed by atoms with E-state index in [1.165, 1.54) is 10.4 Å². The second kappa shape index (κ2) is 5.38. The van der Waals surface area contributed by atoms with Crippen LogP contribution in [0, 0.1) is 6.92 Å². The molecule has 0 aliphatic carbocycles. The van der Waals surface area contributed by atoms with E-state index in [4.69, 9.17) is 0 Å². The Hall–Kier alpha value is -2.27. The van der Waals surface area contributed by atoms with Crippen molar-refractivity contribution in [3.63, 3.8) is 0 Å². The predicted molar refractivity (Wildman–Crippen MR) is 78.6 cm³/mol. The zero-order valence-corrected chi connectivity index (χ0v) is 11.8. The largest absolute Gasteiger partial charge is 0.296 e. The van der Waals surface area contributed by atoms with Crippen LogP contribution in [0.25, 0.3) is 5.69 Å². The third-order valence-electron chi connectivity index (χ3n) is 3.11. The standard InChI is InChI=1S/C15H13N3OS/c1-11-4-6-12(7-5-11)18-15(14(10-19)16-17-18)9-13-3-2-8-20-13/h2-8,10H,9H2,1H3. The Morgan fingerprint density at radius 1 is 1.25 bits per heavy atom. The molecule has 2 heterocycles. The molecule has 4 nitrogen and oxygen atoms in total. The van der Waals surface area contributed by atoms with Gasteiger partial charge in [-0.2, -0.15) is 0 Å². The maximum absolute atomic E-state index is 11.1. The smallest absolute Gasteiger partial charge is 0.172 e. The molecule has 0 unspecified atom stereocenters. The molecule has 0 saturated carbocycles. The number of hydrogen-bond acceptors (Lipinski definition) is 4. The summed E-state index contributed by atoms with van der Waals surface area (Å²) in [7, 11) is 0. The van der Waals surface area contributed by atoms with Crippen LogP contribution >= 0.6 is 11.3 Å². The molecule has 0 aliphatic heterocycles. The van der Waals surface area contributed by atoms with Gasteiger partial charge in [-0.1, -0.05) is 29.0 Å². The topological polar surface area (TPSA) is 47.8 Å². The van der Waals surface area contributed by atoms with Crippen LogP contribution in [0.2, 0.25) is 0 Å². The number of carbonyl (C=O) groups is 1. The van der Waals surface area contributed by atoms with Gasteiger partial charge in [0.2, 0.25) is 0 Å². The lowest BCUT2D eigenvalue weighted by molar-refractivity contribution is 0.111. The maximum Gasteiger partial charge on any atom is 0.172 e. The molecule has 0 bridgehead atoms. The third-order valence-corrected chi connectivity index (χ3v) is 3.98. The zero-order valence-electron chi connectivity index (χ0n) is 11.0. The Morgan fingerprint density at radius 2 is 2.05 bits per heavy atom. The molecule has 0 radical (unpaired) electrons. The first kappa shape index (κ1) is 12.7. The van der Waals surface area contributed by atoms with Gasteiger partial charge in [0.05, 0.1) is 11.4 Å². The van der Waals surface area contributed by atoms with Crippen LogP contribution < -0.4 is 0 Å². The number of aromatic nitrogens is 3. The number of aryl methyl sites for hydroxylation is 1. The van der Waals surface area contributed by atoms with Gasteiger partial charge in [0.25, 0.3) is 0 Å². The number of benzene rings is 1. The number of carbonyl (C=O) groups excluding carboxylic acids is 1. The van der Waals surface area contributed by atoms with E-state index >= 15 is 0 Å². The second-order valence-electron chi connectivity index (χ2n) is 4.54. The van der Waals surface area contributed by atoms with Crippen LogP contribution in [0.3, 0.4) is 0 Å². The van der Waals surface area contributed by atoms with E-state index in [2.05, 4.69) is 10.3 Å². The molecule has 0 aliphatic rings. The number of hydrogen-bond donors (Lipinski definition) is 0. The summed E-state index contributed by atoms with van der Waals surface area (Å²) in [4.78, 5) is 12.3. The predicted octanol–water partition coefficient (Wildman–Crippen LogP) is 3.04. The van der Waals surface area contributed by atoms with E-state index in [1.807, 2.05) is 48.7 Å². The van der Waals surface area contributed by atoms with Gasteiger partial charge in [-0.25, -0.2) is 4.68 Å². The van der Waals surface area contributed by atoms with Crippen molar-refractivity contribution in [2.75, 3.05) is 0 Å². The molecule has 0 amide bonds. The average Bonchev–Trinajstić information content (AvgIpc) is 3.10. The molecule has 3 aromatic rings. The molecule has 5 heteroatoms. The fourth-order valence-corrected chi connectivity index (χ4v) is 2.75. The lowest BCUT2D eigenvalue weighted by atomic mass is 10.2. The monoisotopic (exact) mass is 283 g/mol. The molecule has 2 aromatic heterocycles. The van der Waals surface area contributed by atoms with Gasteiger partial charge in [0, 0.05) is 11.3 Å². The van der Waals surface area contributed by atoms with Crippen molar-refractivity contribution in [1.82, 2.24) is 15.0 Å². The van der Waals surface area contributed by atoms with Crippen molar-refractivity contribution < 1.29 is 4.79 Å². The molecule has 1 aromatic carbocycles. The third kappa shape index (κ3) is 2.40. The molecule has 0 saturated heterocycles. The summed E-state index contributed by atoms with van der Waals surface area (Å²) in [6.45, 7) is 2.04. The second-order valence-corrected chi connectivity index (χ2v) is 5.57. The van der Waals surface area contributed by atoms with Gasteiger partial charge < -0.3 is 0 Å². The van der Waals surface area contributed by atoms with E-state index in [0.29, 0.717) is 12.1 Å². The van der Waals surface area contributed by atoms with Crippen molar-refractivity contribution in [3.8, 4) is 5.69 Å². The highest BCUT2D eigenvalue weighted by Gasteiger charge is 2.14. The van der Waals surface area contributed by atoms with Crippen LogP contribution in [-0.2, 0) is 6.42 Å². The maximum atomic E-state index is 11.1. The highest BCUT2D eigenvalue weighted by atomic mass is 32.1. The number of aldehydes is 1. The summed E-state index contributed by atoms with van der Waals surface area (Å²) in [5.74, 6) is 0. The lowest BCUT2D eigenvalue weighted by Crippen LogP contribution is -2.04. The van der Waals surface area contributed by atoms with Gasteiger partial charge in [-0.05, 0) is 30.5 Å². The van der Waals surface area contributed by atoms with E-state index in [1.54, 1.807) is 16.0 Å². The first-order valence-corrected chi connectivity index (χ1v) is 7.15. The van der Waals surface area contributed by atoms with Crippen molar-refractivity contribution in [1.29, 1.82) is 0 Å². The molecule has 3 rings (SSSR count). The first-order chi connectivity index (χ1) is 9.78. The Balaban J connectivity index is 2.04. The fourth-order valence-electron chi connectivity index (χ4n) is 2.04. The average molecular weight is 283 g/mol. The van der Waals surface area contributed by atoms with Crippen molar-refractivity contribution in [2.45, 2.75) is 13.3 Å². The van der Waals surface area contributed by atoms with E-state index < -0.39 is 0 Å². The minimum atomic E-state index is 0.402. The van der Waals surface area contributed by atoms with Crippen LogP contribution in [0.15, 0.2) is 41.8 Å². The Bertz CT molecular complexity index is 714. The molecule has 0 atom stereocenters. The van der Waals surface area contributed by atoms with Gasteiger partial charge in [-0.15, -0.1) is 16.4 Å². The van der Waals surface area contributed by atoms with Crippen LogP contribution in [0.1, 0.15) is 26.6 Å². The van der Waals surface area contributed by atoms with Crippen LogP contribution in [0.5, 0.6) is 0 Å². The SMILES string of the molecule is Cc1ccc(-n2nnc(C=O)c2Cc2cccs2)cc1. The first-order valence-electron chi connectivity index (χ1n) is 6.27. The van der Waals surface area contributed by atoms with Gasteiger partial charge in [0.15, 0.2) is 6.29 Å². The minimum Gasteiger partial charge on any atom is -0.296 e. The quantitative estimate of drug-likeness (QED) is 0.691. The summed E-state index contributed by atoms with van der Waals surface area (Å²) in [6.07, 6.45) is 1.42. The van der Waals surface area contributed by atoms with Crippen molar-refractivity contribution in [2.24, 2.45) is 0 Å². The van der Waals surface area contributed by atoms with Crippen molar-refractivity contribution in [3.05, 3.63) is 63.6 Å². The van der Waals surface area contributed by atoms with E-state index in [-0.39, 0.29) is 0 Å². The summed E-state index contributed by atoms with van der Waals surface area (Å²) in [5.41, 5.74) is 3.33. The Kier molecular flexibility index (Phi) is 3.43. The molecular formula is C15H13N3OS. The highest BCUT2D eigenvalue weighted by Crippen LogP contribution is 2.19. The molecule has 20 heavy (non-hydrogen) atoms. The van der Waals surface area contributed by atoms with E-state index in [0.717, 1.165) is 17.7 Å². The van der Waals surface area contributed by atoms with Gasteiger partial charge in [-0.3, -0.25) is 4.79 Å². The number of thiophene rings is 1. The molecular weight excluding hydrogens is 270 g/mol. The lowest BCUT2D eigenvalue weighted by Gasteiger charge is -2.06. The molecule has 0 spiro atoms. The minimum absolute atomic E-state index is 0.402. The van der Waals surface area contributed by atoms with Crippen molar-refractivity contribution >= 4 is 17.6 Å². The summed E-state index contributed by atoms with van der Waals surface area (Å²) < 4.78 is 1.74. The molecule has 0 fully saturated rings. The van der Waals surface area contributed by atoms with Gasteiger partial charge >= 0.3 is 0 Å². The number of rotatable bonds is 4. The zero-order chi connectivity index (χ0) is 13.9. The fraction of sp³-hybridized carbons (Fsp3) is 0.133. The van der Waals surface area contributed by atoms with Gasteiger partial charge in [0.1, 0.15) is 5.69 Å². The van der Waals surface area contributed by atoms with E-state index in [9.17, 15) is 4.79 Å². The van der Waals surface area contributed by atoms with Crippen LogP contribution in [0.4, 0.5) is 0 Å².